The Kier molecular flexibility index (Phi) is 9.31. The summed E-state index contributed by atoms with van der Waals surface area (Å²) >= 11 is 3.51. The van der Waals surface area contributed by atoms with Crippen LogP contribution in [0.2, 0.25) is 0 Å². The van der Waals surface area contributed by atoms with Gasteiger partial charge in [-0.1, -0.05) is 30.3 Å². The average Bonchev–Trinajstić information content (AvgIpc) is 3.41. The first-order chi connectivity index (χ1) is 22.6. The second-order valence-corrected chi connectivity index (χ2v) is 12.8. The summed E-state index contributed by atoms with van der Waals surface area (Å²) in [5, 5.41) is 30.9. The van der Waals surface area contributed by atoms with E-state index in [9.17, 15) is 9.90 Å². The van der Waals surface area contributed by atoms with Gasteiger partial charge >= 0.3 is 0 Å². The van der Waals surface area contributed by atoms with Gasteiger partial charge in [0.25, 0.3) is 0 Å². The number of anilines is 1. The molecule has 1 fully saturated rings. The van der Waals surface area contributed by atoms with Gasteiger partial charge in [0.1, 0.15) is 23.4 Å². The van der Waals surface area contributed by atoms with E-state index in [4.69, 9.17) is 21.3 Å². The predicted octanol–water partition coefficient (Wildman–Crippen LogP) is 7.20. The van der Waals surface area contributed by atoms with Crippen LogP contribution in [0.25, 0.3) is 22.2 Å². The average molecular weight is 694 g/mol. The van der Waals surface area contributed by atoms with E-state index < -0.39 is 0 Å². The number of carbonyl (C=O) groups is 1. The van der Waals surface area contributed by atoms with Gasteiger partial charge in [0.2, 0.25) is 5.91 Å². The number of H-pyrrole nitrogens is 1. The van der Waals surface area contributed by atoms with Crippen LogP contribution in [0.4, 0.5) is 5.69 Å². The van der Waals surface area contributed by atoms with Crippen LogP contribution in [0.3, 0.4) is 0 Å². The number of aromatic hydroxyl groups is 1. The van der Waals surface area contributed by atoms with Crippen molar-refractivity contribution in [1.29, 1.82) is 10.8 Å². The molecule has 240 valence electrons. The summed E-state index contributed by atoms with van der Waals surface area (Å²) in [4.78, 5) is 18.7. The summed E-state index contributed by atoms with van der Waals surface area (Å²) in [6, 6.07) is 26.6. The Labute approximate surface area is 281 Å². The predicted molar refractivity (Wildman–Crippen MR) is 191 cm³/mol. The maximum absolute atomic E-state index is 13.2. The molecule has 7 N–H and O–H groups in total. The van der Waals surface area contributed by atoms with Crippen molar-refractivity contribution in [2.24, 2.45) is 5.73 Å². The third-order valence-electron chi connectivity index (χ3n) is 8.56. The van der Waals surface area contributed by atoms with E-state index in [0.717, 1.165) is 65.0 Å². The molecule has 4 aromatic carbocycles. The van der Waals surface area contributed by atoms with E-state index in [1.165, 1.54) is 0 Å². The Hall–Kier alpha value is -5.09. The second-order valence-electron chi connectivity index (χ2n) is 11.9. The van der Waals surface area contributed by atoms with Crippen molar-refractivity contribution < 1.29 is 14.6 Å². The van der Waals surface area contributed by atoms with Gasteiger partial charge < -0.3 is 30.8 Å². The highest BCUT2D eigenvalue weighted by molar-refractivity contribution is 9.10. The fraction of sp³-hybridized carbons (Fsp3) is 0.216. The van der Waals surface area contributed by atoms with Gasteiger partial charge in [0.15, 0.2) is 0 Å². The standard InChI is InChI=1S/C37H37BrN6O3/c1-22(39)44-15-13-28(14-16-44)47-27-10-8-26(9-11-27)42-34(45)20-24-18-31(36(46)32(38)19-24)35-30(17-23-5-3-2-4-6-23)29-21-25(37(40)41)7-12-33(29)43-35/h2-12,18-19,21,28,39,43,46H,13-17,20H2,1H3,(H3,40,41)(H,42,45). The van der Waals surface area contributed by atoms with Crippen LogP contribution in [0.15, 0.2) is 89.4 Å². The number of carbonyl (C=O) groups excluding carboxylic acids is 1. The number of likely N-dealkylation sites (tertiary alicyclic amines) is 1. The lowest BCUT2D eigenvalue weighted by Crippen LogP contribution is -2.40. The van der Waals surface area contributed by atoms with Crippen LogP contribution >= 0.6 is 15.9 Å². The number of ether oxygens (including phenoxy) is 1. The first-order valence-electron chi connectivity index (χ1n) is 15.6. The summed E-state index contributed by atoms with van der Waals surface area (Å²) in [5.74, 6) is 1.20. The first-order valence-corrected chi connectivity index (χ1v) is 16.3. The van der Waals surface area contributed by atoms with E-state index in [1.54, 1.807) is 12.1 Å². The number of phenolic OH excluding ortho intramolecular Hbond substituents is 1. The van der Waals surface area contributed by atoms with Gasteiger partial charge in [-0.2, -0.15) is 0 Å². The van der Waals surface area contributed by atoms with Gasteiger partial charge in [-0.05, 0) is 94.1 Å². The number of aromatic amines is 1. The van der Waals surface area contributed by atoms with Gasteiger partial charge in [-0.15, -0.1) is 0 Å². The van der Waals surface area contributed by atoms with E-state index in [2.05, 4.69) is 43.3 Å². The summed E-state index contributed by atoms with van der Waals surface area (Å²) in [5.41, 5.74) is 12.0. The van der Waals surface area contributed by atoms with Crippen molar-refractivity contribution in [2.45, 2.75) is 38.7 Å². The molecule has 1 aromatic heterocycles. The summed E-state index contributed by atoms with van der Waals surface area (Å²) in [6.45, 7) is 3.45. The van der Waals surface area contributed by atoms with Gasteiger partial charge in [0.05, 0.1) is 22.4 Å². The molecule has 0 saturated carbocycles. The Morgan fingerprint density at radius 1 is 1.02 bits per heavy atom. The molecule has 5 aromatic rings. The third-order valence-corrected chi connectivity index (χ3v) is 9.16. The number of nitrogens with zero attached hydrogens (tertiary/aromatic N) is 1. The number of nitrogen functional groups attached to an aromatic ring is 1. The number of fused-ring (bicyclic) bond motifs is 1. The number of amides is 1. The minimum atomic E-state index is -0.191. The van der Waals surface area contributed by atoms with Crippen LogP contribution in [0.1, 0.15) is 42.0 Å². The van der Waals surface area contributed by atoms with Gasteiger partial charge in [0, 0.05) is 60.1 Å². The van der Waals surface area contributed by atoms with Gasteiger partial charge in [-0.3, -0.25) is 15.6 Å². The van der Waals surface area contributed by atoms with Crippen molar-refractivity contribution >= 4 is 50.1 Å². The molecule has 6 rings (SSSR count). The van der Waals surface area contributed by atoms with Crippen molar-refractivity contribution in [1.82, 2.24) is 9.88 Å². The maximum Gasteiger partial charge on any atom is 0.228 e. The molecule has 0 atom stereocenters. The van der Waals surface area contributed by atoms with E-state index in [-0.39, 0.29) is 30.0 Å². The van der Waals surface area contributed by atoms with Crippen LogP contribution in [-0.4, -0.2) is 51.8 Å². The molecule has 9 nitrogen and oxygen atoms in total. The first kappa shape index (κ1) is 31.9. The number of nitrogens with one attached hydrogen (secondary N) is 4. The number of aromatic nitrogens is 1. The summed E-state index contributed by atoms with van der Waals surface area (Å²) < 4.78 is 6.63. The number of nitrogens with two attached hydrogens (primary N) is 1. The van der Waals surface area contributed by atoms with E-state index in [0.29, 0.717) is 33.5 Å². The van der Waals surface area contributed by atoms with E-state index >= 15 is 0 Å². The fourth-order valence-electron chi connectivity index (χ4n) is 6.09. The van der Waals surface area contributed by atoms with Crippen LogP contribution in [-0.2, 0) is 17.6 Å². The van der Waals surface area contributed by atoms with Crippen LogP contribution in [0.5, 0.6) is 11.5 Å². The molecular weight excluding hydrogens is 656 g/mol. The van der Waals surface area contributed by atoms with Crippen molar-refractivity contribution in [3.8, 4) is 22.8 Å². The molecule has 1 saturated heterocycles. The summed E-state index contributed by atoms with van der Waals surface area (Å²) in [6.07, 6.45) is 2.52. The van der Waals surface area contributed by atoms with Crippen molar-refractivity contribution in [2.75, 3.05) is 18.4 Å². The Balaban J connectivity index is 1.21. The Bertz CT molecular complexity index is 1950. The van der Waals surface area contributed by atoms with Crippen molar-refractivity contribution in [3.63, 3.8) is 0 Å². The third kappa shape index (κ3) is 7.33. The molecule has 0 radical (unpaired) electrons. The topological polar surface area (TPSA) is 151 Å². The number of piperidine rings is 1. The smallest absolute Gasteiger partial charge is 0.228 e. The van der Waals surface area contributed by atoms with E-state index in [1.807, 2.05) is 67.6 Å². The molecular formula is C37H37BrN6O3. The molecule has 1 aliphatic heterocycles. The zero-order valence-corrected chi connectivity index (χ0v) is 27.7. The Morgan fingerprint density at radius 3 is 2.43 bits per heavy atom. The highest BCUT2D eigenvalue weighted by atomic mass is 79.9. The highest BCUT2D eigenvalue weighted by Gasteiger charge is 2.22. The van der Waals surface area contributed by atoms with Crippen LogP contribution in [0, 0.1) is 10.8 Å². The lowest BCUT2D eigenvalue weighted by Gasteiger charge is -2.32. The number of halogens is 1. The monoisotopic (exact) mass is 692 g/mol. The largest absolute Gasteiger partial charge is 0.506 e. The molecule has 47 heavy (non-hydrogen) atoms. The molecule has 2 heterocycles. The number of hydrogen-bond acceptors (Lipinski definition) is 5. The lowest BCUT2D eigenvalue weighted by molar-refractivity contribution is -0.115. The SMILES string of the molecule is CC(=N)N1CCC(Oc2ccc(NC(=O)Cc3cc(Br)c(O)c(-c4[nH]c5ccc(C(=N)N)cc5c4Cc4ccccc4)c3)cc2)CC1. The molecule has 0 bridgehead atoms. The maximum atomic E-state index is 13.2. The number of amidine groups is 2. The number of hydrogen-bond donors (Lipinski definition) is 6. The summed E-state index contributed by atoms with van der Waals surface area (Å²) in [7, 11) is 0. The fourth-order valence-corrected chi connectivity index (χ4v) is 6.59. The molecule has 1 aliphatic rings. The lowest BCUT2D eigenvalue weighted by atomic mass is 9.96. The van der Waals surface area contributed by atoms with Crippen molar-refractivity contribution in [3.05, 3.63) is 112 Å². The molecule has 0 aliphatic carbocycles. The minimum Gasteiger partial charge on any atom is -0.506 e. The number of phenols is 1. The Morgan fingerprint density at radius 2 is 1.74 bits per heavy atom. The molecule has 0 unspecified atom stereocenters. The molecule has 10 heteroatoms. The quantitative estimate of drug-likeness (QED) is 0.0713. The number of benzene rings is 4. The molecule has 0 spiro atoms. The highest BCUT2D eigenvalue weighted by Crippen LogP contribution is 2.41. The normalized spacial score (nSPS) is 13.4. The number of rotatable bonds is 9. The van der Waals surface area contributed by atoms with Gasteiger partial charge in [-0.25, -0.2) is 0 Å². The van der Waals surface area contributed by atoms with Crippen LogP contribution < -0.4 is 15.8 Å². The zero-order chi connectivity index (χ0) is 33.1. The zero-order valence-electron chi connectivity index (χ0n) is 26.1. The minimum absolute atomic E-state index is 0.0170. The molecule has 1 amide bonds. The second kappa shape index (κ2) is 13.7.